The molecule has 8 nitrogen and oxygen atoms in total. The lowest BCUT2D eigenvalue weighted by Gasteiger charge is -2.31. The highest BCUT2D eigenvalue weighted by Gasteiger charge is 2.46. The van der Waals surface area contributed by atoms with Gasteiger partial charge in [0.15, 0.2) is 0 Å². The Balaban J connectivity index is 1.31. The van der Waals surface area contributed by atoms with E-state index in [1.54, 1.807) is 17.0 Å². The Morgan fingerprint density at radius 2 is 2.28 bits per heavy atom. The van der Waals surface area contributed by atoms with Crippen LogP contribution in [0.2, 0.25) is 4.34 Å². The molecule has 3 aliphatic rings. The second-order valence-corrected chi connectivity index (χ2v) is 8.54. The number of halogens is 1. The van der Waals surface area contributed by atoms with Crippen LogP contribution >= 0.6 is 22.9 Å². The van der Waals surface area contributed by atoms with Crippen LogP contribution in [0, 0.1) is 0 Å². The summed E-state index contributed by atoms with van der Waals surface area (Å²) in [5.74, 6) is 1.20. The number of thiophene rings is 1. The van der Waals surface area contributed by atoms with E-state index in [4.69, 9.17) is 21.1 Å². The number of carbonyl (C=O) groups excluding carboxylic acids is 2. The van der Waals surface area contributed by atoms with Crippen molar-refractivity contribution < 1.29 is 19.1 Å². The lowest BCUT2D eigenvalue weighted by molar-refractivity contribution is 0.0890. The Morgan fingerprint density at radius 1 is 1.38 bits per heavy atom. The van der Waals surface area contributed by atoms with Crippen molar-refractivity contribution in [3.8, 4) is 5.75 Å². The fourth-order valence-corrected chi connectivity index (χ4v) is 4.62. The summed E-state index contributed by atoms with van der Waals surface area (Å²) in [6, 6.07) is 8.66. The van der Waals surface area contributed by atoms with Crippen LogP contribution < -0.4 is 20.3 Å². The number of benzene rings is 1. The van der Waals surface area contributed by atoms with Crippen LogP contribution in [0.4, 0.5) is 10.5 Å². The smallest absolute Gasteiger partial charge is 0.415 e. The summed E-state index contributed by atoms with van der Waals surface area (Å²) in [7, 11) is 0. The van der Waals surface area contributed by atoms with Crippen molar-refractivity contribution in [1.82, 2.24) is 10.6 Å². The maximum atomic E-state index is 12.5. The fraction of sp³-hybridized carbons (Fsp3) is 0.316. The first-order chi connectivity index (χ1) is 14.1. The van der Waals surface area contributed by atoms with Crippen LogP contribution in [0.3, 0.4) is 0 Å². The van der Waals surface area contributed by atoms with Crippen molar-refractivity contribution in [1.29, 1.82) is 0 Å². The third-order valence-corrected chi connectivity index (χ3v) is 6.28. The van der Waals surface area contributed by atoms with E-state index < -0.39 is 12.2 Å². The van der Waals surface area contributed by atoms with Crippen molar-refractivity contribution in [2.75, 3.05) is 31.1 Å². The van der Waals surface area contributed by atoms with Crippen LogP contribution in [0.5, 0.6) is 5.75 Å². The van der Waals surface area contributed by atoms with E-state index in [-0.39, 0.29) is 25.1 Å². The van der Waals surface area contributed by atoms with Gasteiger partial charge in [0.05, 0.1) is 28.0 Å². The molecule has 5 rings (SSSR count). The Labute approximate surface area is 175 Å². The lowest BCUT2D eigenvalue weighted by Crippen LogP contribution is -2.47. The van der Waals surface area contributed by atoms with Crippen molar-refractivity contribution in [3.63, 3.8) is 0 Å². The second-order valence-electron chi connectivity index (χ2n) is 6.82. The summed E-state index contributed by atoms with van der Waals surface area (Å²) in [6.07, 6.45) is -0.947. The maximum Gasteiger partial charge on any atom is 0.415 e. The number of rotatable bonds is 4. The standard InChI is InChI=1S/C19H17ClN4O4S/c20-16-4-3-15(29-16)18(25)23-8-14-12-9-27-13-7-10(17-21-5-6-22-17)1-2-11(13)24(12)19(26)28-14/h1-4,7,12,14H,5-6,8-9H2,(H,21,22)(H,23,25)/t12-,14-/m0/s1. The minimum absolute atomic E-state index is 0.193. The average Bonchev–Trinajstić information content (AvgIpc) is 3.46. The van der Waals surface area contributed by atoms with Gasteiger partial charge in [-0.1, -0.05) is 11.6 Å². The van der Waals surface area contributed by atoms with Gasteiger partial charge in [-0.2, -0.15) is 0 Å². The monoisotopic (exact) mass is 432 g/mol. The highest BCUT2D eigenvalue weighted by Crippen LogP contribution is 2.39. The van der Waals surface area contributed by atoms with Crippen LogP contribution in [0.1, 0.15) is 15.2 Å². The number of nitrogens with zero attached hydrogens (tertiary/aromatic N) is 2. The topological polar surface area (TPSA) is 92.3 Å². The molecule has 1 aromatic carbocycles. The van der Waals surface area contributed by atoms with E-state index in [9.17, 15) is 9.59 Å². The number of carbonyl (C=O) groups is 2. The van der Waals surface area contributed by atoms with E-state index in [0.717, 1.165) is 24.5 Å². The van der Waals surface area contributed by atoms with Crippen molar-refractivity contribution in [2.24, 2.45) is 4.99 Å². The Morgan fingerprint density at radius 3 is 3.03 bits per heavy atom. The zero-order valence-corrected chi connectivity index (χ0v) is 16.8. The average molecular weight is 433 g/mol. The van der Waals surface area contributed by atoms with Gasteiger partial charge in [-0.05, 0) is 30.3 Å². The molecule has 0 spiro atoms. The van der Waals surface area contributed by atoms with Gasteiger partial charge in [-0.3, -0.25) is 14.7 Å². The lowest BCUT2D eigenvalue weighted by atomic mass is 10.1. The number of aliphatic imine (C=N–C) groups is 1. The summed E-state index contributed by atoms with van der Waals surface area (Å²) in [6.45, 7) is 2.05. The number of ether oxygens (including phenoxy) is 2. The summed E-state index contributed by atoms with van der Waals surface area (Å²) in [5.41, 5.74) is 1.58. The zero-order chi connectivity index (χ0) is 20.0. The van der Waals surface area contributed by atoms with E-state index in [1.807, 2.05) is 18.2 Å². The molecule has 0 unspecified atom stereocenters. The first-order valence-electron chi connectivity index (χ1n) is 9.19. The van der Waals surface area contributed by atoms with Gasteiger partial charge in [0.1, 0.15) is 30.3 Å². The molecule has 10 heteroatoms. The van der Waals surface area contributed by atoms with Gasteiger partial charge >= 0.3 is 6.09 Å². The van der Waals surface area contributed by atoms with Crippen LogP contribution in [0.25, 0.3) is 0 Å². The van der Waals surface area contributed by atoms with Gasteiger partial charge < -0.3 is 20.1 Å². The Bertz CT molecular complexity index is 1020. The molecule has 29 heavy (non-hydrogen) atoms. The minimum Gasteiger partial charge on any atom is -0.489 e. The highest BCUT2D eigenvalue weighted by atomic mass is 35.5. The van der Waals surface area contributed by atoms with E-state index >= 15 is 0 Å². The summed E-state index contributed by atoms with van der Waals surface area (Å²) >= 11 is 7.08. The highest BCUT2D eigenvalue weighted by molar-refractivity contribution is 7.18. The molecule has 3 aliphatic heterocycles. The predicted octanol–water partition coefficient (Wildman–Crippen LogP) is 2.27. The van der Waals surface area contributed by atoms with Crippen LogP contribution in [-0.4, -0.2) is 56.2 Å². The predicted molar refractivity (Wildman–Crippen MR) is 110 cm³/mol. The van der Waals surface area contributed by atoms with Crippen LogP contribution in [-0.2, 0) is 4.74 Å². The molecule has 0 radical (unpaired) electrons. The molecule has 2 atom stereocenters. The first kappa shape index (κ1) is 18.3. The first-order valence-corrected chi connectivity index (χ1v) is 10.4. The fourth-order valence-electron chi connectivity index (χ4n) is 3.66. The number of fused-ring (bicyclic) bond motifs is 3. The third-order valence-electron chi connectivity index (χ3n) is 5.05. The minimum atomic E-state index is -0.504. The molecule has 1 fully saturated rings. The maximum absolute atomic E-state index is 12.5. The number of nitrogens with one attached hydrogen (secondary N) is 2. The molecule has 0 saturated carbocycles. The molecule has 0 bridgehead atoms. The van der Waals surface area contributed by atoms with Gasteiger partial charge in [0.25, 0.3) is 5.91 Å². The van der Waals surface area contributed by atoms with Gasteiger partial charge in [0.2, 0.25) is 0 Å². The molecular weight excluding hydrogens is 416 g/mol. The molecule has 1 saturated heterocycles. The van der Waals surface area contributed by atoms with Crippen LogP contribution in [0.15, 0.2) is 35.3 Å². The second kappa shape index (κ2) is 7.23. The largest absolute Gasteiger partial charge is 0.489 e. The summed E-state index contributed by atoms with van der Waals surface area (Å²) in [4.78, 5) is 31.3. The normalized spacial score (nSPS) is 22.2. The summed E-state index contributed by atoms with van der Waals surface area (Å²) < 4.78 is 12.0. The molecule has 2 N–H and O–H groups in total. The van der Waals surface area contributed by atoms with Gasteiger partial charge in [-0.15, -0.1) is 11.3 Å². The third kappa shape index (κ3) is 3.30. The Hall–Kier alpha value is -2.78. The quantitative estimate of drug-likeness (QED) is 0.773. The number of amidine groups is 1. The van der Waals surface area contributed by atoms with E-state index in [0.29, 0.717) is 20.7 Å². The van der Waals surface area contributed by atoms with Gasteiger partial charge in [0, 0.05) is 12.1 Å². The number of amides is 2. The van der Waals surface area contributed by atoms with E-state index in [2.05, 4.69) is 15.6 Å². The molecular formula is C19H17ClN4O4S. The Kier molecular flexibility index (Phi) is 4.56. The molecule has 4 heterocycles. The van der Waals surface area contributed by atoms with Gasteiger partial charge in [-0.25, -0.2) is 4.79 Å². The number of hydrogen-bond donors (Lipinski definition) is 2. The number of anilines is 1. The number of cyclic esters (lactones) is 1. The van der Waals surface area contributed by atoms with Crippen molar-refractivity contribution in [2.45, 2.75) is 12.1 Å². The zero-order valence-electron chi connectivity index (χ0n) is 15.2. The molecule has 0 aliphatic carbocycles. The molecule has 1 aromatic heterocycles. The molecule has 2 amide bonds. The molecule has 150 valence electrons. The van der Waals surface area contributed by atoms with Crippen molar-refractivity contribution >= 4 is 46.5 Å². The SMILES string of the molecule is O=C(NC[C@@H]1OC(=O)N2c3ccc(C4=NCCN4)cc3OC[C@@H]12)c1ccc(Cl)s1. The van der Waals surface area contributed by atoms with Crippen molar-refractivity contribution in [3.05, 3.63) is 45.1 Å². The molecule has 2 aromatic rings. The van der Waals surface area contributed by atoms with E-state index in [1.165, 1.54) is 11.3 Å². The number of hydrogen-bond acceptors (Lipinski definition) is 7. The summed E-state index contributed by atoms with van der Waals surface area (Å²) in [5, 5.41) is 6.03.